The number of carbonyl (C=O) groups is 2. The third-order valence-electron chi connectivity index (χ3n) is 2.47. The van der Waals surface area contributed by atoms with Crippen molar-refractivity contribution in [1.82, 2.24) is 0 Å². The lowest BCUT2D eigenvalue weighted by Gasteiger charge is -2.07. The molecular formula is C14H26O6. The summed E-state index contributed by atoms with van der Waals surface area (Å²) in [6.07, 6.45) is 1.32. The molecule has 0 amide bonds. The number of carbonyl (C=O) groups excluding carboxylic acids is 2. The topological polar surface area (TPSA) is 71.1 Å². The number of rotatable bonds is 8. The van der Waals surface area contributed by atoms with Crippen LogP contribution in [0.5, 0.6) is 0 Å². The summed E-state index contributed by atoms with van der Waals surface area (Å²) < 4.78 is 9.41. The Hall–Kier alpha value is -1.46. The molecule has 6 nitrogen and oxygen atoms in total. The van der Waals surface area contributed by atoms with Gasteiger partial charge in [-0.2, -0.15) is 19.4 Å². The highest BCUT2D eigenvalue weighted by Gasteiger charge is 2.11. The van der Waals surface area contributed by atoms with E-state index in [1.807, 2.05) is 0 Å². The molecule has 0 aromatic carbocycles. The summed E-state index contributed by atoms with van der Waals surface area (Å²) >= 11 is 0. The molecule has 0 N–H and O–H groups in total. The fraction of sp³-hybridized carbons (Fsp3) is 0.857. The van der Waals surface area contributed by atoms with Gasteiger partial charge in [-0.3, -0.25) is 0 Å². The fourth-order valence-corrected chi connectivity index (χ4v) is 1.41. The predicted octanol–water partition coefficient (Wildman–Crippen LogP) is 4.08. The molecule has 118 valence electrons. The second kappa shape index (κ2) is 11.4. The van der Waals surface area contributed by atoms with E-state index in [2.05, 4.69) is 37.5 Å². The van der Waals surface area contributed by atoms with Gasteiger partial charge in [0.1, 0.15) is 0 Å². The SMILES string of the molecule is CC(C)CCCOC(=O)OOC(=O)OCCCC(C)C. The van der Waals surface area contributed by atoms with Gasteiger partial charge in [-0.05, 0) is 37.5 Å². The van der Waals surface area contributed by atoms with E-state index in [-0.39, 0.29) is 13.2 Å². The molecule has 0 aromatic heterocycles. The third-order valence-corrected chi connectivity index (χ3v) is 2.47. The largest absolute Gasteiger partial charge is 0.549 e. The van der Waals surface area contributed by atoms with Crippen LogP contribution in [-0.4, -0.2) is 25.5 Å². The van der Waals surface area contributed by atoms with Crippen LogP contribution in [-0.2, 0) is 19.2 Å². The van der Waals surface area contributed by atoms with E-state index in [0.717, 1.165) is 25.7 Å². The van der Waals surface area contributed by atoms with E-state index in [4.69, 9.17) is 9.47 Å². The molecule has 0 radical (unpaired) electrons. The van der Waals surface area contributed by atoms with Crippen LogP contribution in [0.4, 0.5) is 9.59 Å². The van der Waals surface area contributed by atoms with Gasteiger partial charge < -0.3 is 9.47 Å². The summed E-state index contributed by atoms with van der Waals surface area (Å²) in [5, 5.41) is 0. The zero-order valence-electron chi connectivity index (χ0n) is 12.8. The molecule has 0 saturated carbocycles. The van der Waals surface area contributed by atoms with E-state index in [9.17, 15) is 9.59 Å². The van der Waals surface area contributed by atoms with E-state index in [0.29, 0.717) is 11.8 Å². The van der Waals surface area contributed by atoms with Crippen molar-refractivity contribution in [2.45, 2.75) is 53.4 Å². The average Bonchev–Trinajstić information content (AvgIpc) is 2.37. The van der Waals surface area contributed by atoms with Gasteiger partial charge in [0.05, 0.1) is 13.2 Å². The lowest BCUT2D eigenvalue weighted by atomic mass is 10.1. The van der Waals surface area contributed by atoms with Crippen LogP contribution in [0.1, 0.15) is 53.4 Å². The van der Waals surface area contributed by atoms with E-state index in [1.165, 1.54) is 0 Å². The van der Waals surface area contributed by atoms with Gasteiger partial charge in [0.25, 0.3) is 0 Å². The molecule has 0 rings (SSSR count). The van der Waals surface area contributed by atoms with Crippen molar-refractivity contribution < 1.29 is 28.8 Å². The summed E-state index contributed by atoms with van der Waals surface area (Å²) in [6, 6.07) is 0. The molecule has 0 fully saturated rings. The minimum Gasteiger partial charge on any atom is -0.432 e. The van der Waals surface area contributed by atoms with Gasteiger partial charge in [0, 0.05) is 0 Å². The van der Waals surface area contributed by atoms with Crippen LogP contribution in [0.3, 0.4) is 0 Å². The Kier molecular flexibility index (Phi) is 10.5. The summed E-state index contributed by atoms with van der Waals surface area (Å²) in [7, 11) is 0. The average molecular weight is 290 g/mol. The summed E-state index contributed by atoms with van der Waals surface area (Å²) in [6.45, 7) is 8.80. The smallest absolute Gasteiger partial charge is 0.432 e. The van der Waals surface area contributed by atoms with Crippen molar-refractivity contribution >= 4 is 12.3 Å². The highest BCUT2D eigenvalue weighted by molar-refractivity contribution is 5.63. The molecule has 0 atom stereocenters. The van der Waals surface area contributed by atoms with E-state index in [1.54, 1.807) is 0 Å². The highest BCUT2D eigenvalue weighted by Crippen LogP contribution is 2.05. The normalized spacial score (nSPS) is 10.5. The Bertz CT molecular complexity index is 247. The lowest BCUT2D eigenvalue weighted by Crippen LogP contribution is -2.15. The van der Waals surface area contributed by atoms with Crippen molar-refractivity contribution in [3.05, 3.63) is 0 Å². The zero-order chi connectivity index (χ0) is 15.4. The summed E-state index contributed by atoms with van der Waals surface area (Å²) in [5.74, 6) is 1.10. The maximum absolute atomic E-state index is 11.0. The van der Waals surface area contributed by atoms with Gasteiger partial charge in [-0.1, -0.05) is 27.7 Å². The van der Waals surface area contributed by atoms with E-state index < -0.39 is 12.3 Å². The van der Waals surface area contributed by atoms with Crippen LogP contribution in [0.25, 0.3) is 0 Å². The van der Waals surface area contributed by atoms with E-state index >= 15 is 0 Å². The molecule has 0 bridgehead atoms. The highest BCUT2D eigenvalue weighted by atomic mass is 17.3. The second-order valence-electron chi connectivity index (χ2n) is 5.44. The Morgan fingerprint density at radius 3 is 1.40 bits per heavy atom. The van der Waals surface area contributed by atoms with Crippen LogP contribution >= 0.6 is 0 Å². The first kappa shape index (κ1) is 18.5. The molecule has 6 heteroatoms. The van der Waals surface area contributed by atoms with Crippen molar-refractivity contribution in [2.24, 2.45) is 11.8 Å². The predicted molar refractivity (Wildman–Crippen MR) is 73.0 cm³/mol. The Morgan fingerprint density at radius 1 is 0.750 bits per heavy atom. The Balaban J connectivity index is 3.46. The zero-order valence-corrected chi connectivity index (χ0v) is 12.8. The second-order valence-corrected chi connectivity index (χ2v) is 5.44. The molecule has 0 saturated heterocycles. The number of hydrogen-bond donors (Lipinski definition) is 0. The Morgan fingerprint density at radius 2 is 1.10 bits per heavy atom. The maximum atomic E-state index is 11.0. The third kappa shape index (κ3) is 13.0. The first-order valence-electron chi connectivity index (χ1n) is 7.09. The molecule has 0 aliphatic rings. The summed E-state index contributed by atoms with van der Waals surface area (Å²) in [5.41, 5.74) is 0. The molecule has 0 unspecified atom stereocenters. The minimum absolute atomic E-state index is 0.240. The molecule has 0 heterocycles. The van der Waals surface area contributed by atoms with Crippen molar-refractivity contribution in [2.75, 3.05) is 13.2 Å². The Labute approximate surface area is 120 Å². The van der Waals surface area contributed by atoms with Crippen LogP contribution in [0.15, 0.2) is 0 Å². The van der Waals surface area contributed by atoms with Crippen LogP contribution < -0.4 is 0 Å². The first-order chi connectivity index (χ1) is 9.41. The van der Waals surface area contributed by atoms with Gasteiger partial charge >= 0.3 is 12.3 Å². The van der Waals surface area contributed by atoms with Crippen molar-refractivity contribution in [3.8, 4) is 0 Å². The standard InChI is InChI=1S/C14H26O6/c1-11(2)7-5-9-17-13(15)19-20-14(16)18-10-6-8-12(3)4/h11-12H,5-10H2,1-4H3. The molecular weight excluding hydrogens is 264 g/mol. The molecule has 0 aromatic rings. The molecule has 20 heavy (non-hydrogen) atoms. The molecule has 0 aliphatic carbocycles. The van der Waals surface area contributed by atoms with Gasteiger partial charge in [-0.15, -0.1) is 0 Å². The van der Waals surface area contributed by atoms with Crippen molar-refractivity contribution in [1.29, 1.82) is 0 Å². The molecule has 0 spiro atoms. The van der Waals surface area contributed by atoms with Gasteiger partial charge in [-0.25, -0.2) is 0 Å². The van der Waals surface area contributed by atoms with Crippen LogP contribution in [0, 0.1) is 11.8 Å². The lowest BCUT2D eigenvalue weighted by molar-refractivity contribution is -0.217. The molecule has 0 aliphatic heterocycles. The maximum Gasteiger partial charge on any atom is 0.549 e. The quantitative estimate of drug-likeness (QED) is 0.290. The number of hydrogen-bond acceptors (Lipinski definition) is 6. The fourth-order valence-electron chi connectivity index (χ4n) is 1.41. The van der Waals surface area contributed by atoms with Crippen LogP contribution in [0.2, 0.25) is 0 Å². The minimum atomic E-state index is -1.03. The summed E-state index contributed by atoms with van der Waals surface area (Å²) in [4.78, 5) is 30.4. The van der Waals surface area contributed by atoms with Gasteiger partial charge in [0.2, 0.25) is 0 Å². The number of ether oxygens (including phenoxy) is 2. The van der Waals surface area contributed by atoms with Crippen molar-refractivity contribution in [3.63, 3.8) is 0 Å². The monoisotopic (exact) mass is 290 g/mol. The first-order valence-corrected chi connectivity index (χ1v) is 7.09. The van der Waals surface area contributed by atoms with Gasteiger partial charge in [0.15, 0.2) is 0 Å².